The van der Waals surface area contributed by atoms with Crippen LogP contribution in [0.2, 0.25) is 0 Å². The molecular formula is C42H27N3. The summed E-state index contributed by atoms with van der Waals surface area (Å²) >= 11 is 0. The van der Waals surface area contributed by atoms with E-state index in [1.165, 1.54) is 32.6 Å². The van der Waals surface area contributed by atoms with Gasteiger partial charge in [0.1, 0.15) is 0 Å². The summed E-state index contributed by atoms with van der Waals surface area (Å²) in [5.74, 6) is 0.729. The van der Waals surface area contributed by atoms with E-state index in [4.69, 9.17) is 9.97 Å². The molecule has 0 saturated carbocycles. The minimum Gasteiger partial charge on any atom is -0.309 e. The van der Waals surface area contributed by atoms with Crippen molar-refractivity contribution in [3.05, 3.63) is 164 Å². The lowest BCUT2D eigenvalue weighted by molar-refractivity contribution is 1.18. The molecule has 3 heteroatoms. The van der Waals surface area contributed by atoms with Crippen molar-refractivity contribution in [2.45, 2.75) is 0 Å². The lowest BCUT2D eigenvalue weighted by Gasteiger charge is -2.12. The van der Waals surface area contributed by atoms with Crippen LogP contribution in [0, 0.1) is 0 Å². The third-order valence-corrected chi connectivity index (χ3v) is 8.77. The molecule has 9 aromatic rings. The highest BCUT2D eigenvalue weighted by Crippen LogP contribution is 2.37. The molecule has 0 amide bonds. The Bertz CT molecular complexity index is 2530. The Morgan fingerprint density at radius 2 is 1.04 bits per heavy atom. The molecular weight excluding hydrogens is 546 g/mol. The maximum Gasteiger partial charge on any atom is 0.160 e. The molecule has 0 radical (unpaired) electrons. The molecule has 2 heterocycles. The average molecular weight is 574 g/mol. The van der Waals surface area contributed by atoms with Gasteiger partial charge in [0, 0.05) is 33.0 Å². The van der Waals surface area contributed by atoms with Gasteiger partial charge in [-0.2, -0.15) is 0 Å². The van der Waals surface area contributed by atoms with Crippen LogP contribution in [0.25, 0.3) is 82.9 Å². The van der Waals surface area contributed by atoms with Gasteiger partial charge in [0.2, 0.25) is 0 Å². The highest BCUT2D eigenvalue weighted by atomic mass is 15.0. The number of rotatable bonds is 4. The first kappa shape index (κ1) is 25.4. The van der Waals surface area contributed by atoms with Crippen LogP contribution in [-0.4, -0.2) is 14.5 Å². The van der Waals surface area contributed by atoms with E-state index in [9.17, 15) is 0 Å². The Hall–Kier alpha value is -6.06. The Morgan fingerprint density at radius 3 is 1.91 bits per heavy atom. The summed E-state index contributed by atoms with van der Waals surface area (Å²) in [5, 5.41) is 5.93. The summed E-state index contributed by atoms with van der Waals surface area (Å²) in [5.41, 5.74) is 9.77. The zero-order chi connectivity index (χ0) is 29.7. The first-order valence-corrected chi connectivity index (χ1v) is 15.3. The quantitative estimate of drug-likeness (QED) is 0.210. The fourth-order valence-electron chi connectivity index (χ4n) is 6.59. The van der Waals surface area contributed by atoms with Crippen LogP contribution in [0.1, 0.15) is 0 Å². The number of para-hydroxylation sites is 2. The van der Waals surface area contributed by atoms with Crippen LogP contribution in [0.15, 0.2) is 164 Å². The summed E-state index contributed by atoms with van der Waals surface area (Å²) in [6.07, 6.45) is 0. The van der Waals surface area contributed by atoms with E-state index < -0.39 is 0 Å². The molecule has 0 aliphatic rings. The number of aromatic nitrogens is 3. The van der Waals surface area contributed by atoms with Crippen molar-refractivity contribution >= 4 is 43.5 Å². The molecule has 0 atom stereocenters. The van der Waals surface area contributed by atoms with Crippen molar-refractivity contribution in [1.82, 2.24) is 14.5 Å². The lowest BCUT2D eigenvalue weighted by Crippen LogP contribution is -1.96. The predicted octanol–water partition coefficient (Wildman–Crippen LogP) is 10.9. The third kappa shape index (κ3) is 4.29. The first-order chi connectivity index (χ1) is 22.3. The summed E-state index contributed by atoms with van der Waals surface area (Å²) in [6, 6.07) is 58.0. The molecule has 0 bridgehead atoms. The number of hydrogen-bond acceptors (Lipinski definition) is 2. The normalized spacial score (nSPS) is 11.6. The van der Waals surface area contributed by atoms with E-state index in [1.807, 2.05) is 18.2 Å². The topological polar surface area (TPSA) is 30.7 Å². The van der Waals surface area contributed by atoms with Gasteiger partial charge in [-0.1, -0.05) is 121 Å². The SMILES string of the molecule is c1ccc(-c2nc(-c3ccc4ccccc4c3)c3cc(-c4ccc5c6ccccc6n(-c6ccccc6)c5c4)ccc3n2)cc1. The molecule has 2 aromatic heterocycles. The van der Waals surface area contributed by atoms with Crippen LogP contribution in [0.5, 0.6) is 0 Å². The Balaban J connectivity index is 1.27. The Labute approximate surface area is 260 Å². The minimum absolute atomic E-state index is 0.729. The van der Waals surface area contributed by atoms with E-state index in [-0.39, 0.29) is 0 Å². The molecule has 0 fully saturated rings. The van der Waals surface area contributed by atoms with Gasteiger partial charge in [0.15, 0.2) is 5.82 Å². The second kappa shape index (κ2) is 10.3. The number of fused-ring (bicyclic) bond motifs is 5. The smallest absolute Gasteiger partial charge is 0.160 e. The second-order valence-electron chi connectivity index (χ2n) is 11.5. The number of hydrogen-bond donors (Lipinski definition) is 0. The molecule has 7 aromatic carbocycles. The summed E-state index contributed by atoms with van der Waals surface area (Å²) in [4.78, 5) is 10.2. The average Bonchev–Trinajstić information content (AvgIpc) is 3.45. The van der Waals surface area contributed by atoms with Crippen LogP contribution >= 0.6 is 0 Å². The minimum atomic E-state index is 0.729. The monoisotopic (exact) mass is 573 g/mol. The van der Waals surface area contributed by atoms with Crippen molar-refractivity contribution in [3.8, 4) is 39.5 Å². The molecule has 45 heavy (non-hydrogen) atoms. The second-order valence-corrected chi connectivity index (χ2v) is 11.5. The van der Waals surface area contributed by atoms with E-state index in [0.29, 0.717) is 0 Å². The van der Waals surface area contributed by atoms with E-state index in [1.54, 1.807) is 0 Å². The molecule has 0 aliphatic heterocycles. The molecule has 0 spiro atoms. The zero-order valence-corrected chi connectivity index (χ0v) is 24.4. The Kier molecular flexibility index (Phi) is 5.82. The van der Waals surface area contributed by atoms with Crippen molar-refractivity contribution in [3.63, 3.8) is 0 Å². The summed E-state index contributed by atoms with van der Waals surface area (Å²) < 4.78 is 2.37. The maximum absolute atomic E-state index is 5.20. The van der Waals surface area contributed by atoms with Crippen LogP contribution < -0.4 is 0 Å². The van der Waals surface area contributed by atoms with Gasteiger partial charge < -0.3 is 4.57 Å². The number of benzene rings is 7. The van der Waals surface area contributed by atoms with Crippen molar-refractivity contribution < 1.29 is 0 Å². The third-order valence-electron chi connectivity index (χ3n) is 8.77. The fraction of sp³-hybridized carbons (Fsp3) is 0. The van der Waals surface area contributed by atoms with Gasteiger partial charge in [0.25, 0.3) is 0 Å². The molecule has 3 nitrogen and oxygen atoms in total. The Morgan fingerprint density at radius 1 is 0.378 bits per heavy atom. The van der Waals surface area contributed by atoms with E-state index in [0.717, 1.165) is 50.4 Å². The van der Waals surface area contributed by atoms with Gasteiger partial charge in [-0.3, -0.25) is 0 Å². The van der Waals surface area contributed by atoms with E-state index >= 15 is 0 Å². The lowest BCUT2D eigenvalue weighted by atomic mass is 9.98. The molecule has 9 rings (SSSR count). The summed E-state index contributed by atoms with van der Waals surface area (Å²) in [6.45, 7) is 0. The van der Waals surface area contributed by atoms with Crippen molar-refractivity contribution in [2.75, 3.05) is 0 Å². The van der Waals surface area contributed by atoms with Crippen molar-refractivity contribution in [2.24, 2.45) is 0 Å². The van der Waals surface area contributed by atoms with Crippen molar-refractivity contribution in [1.29, 1.82) is 0 Å². The van der Waals surface area contributed by atoms with Gasteiger partial charge in [-0.25, -0.2) is 9.97 Å². The zero-order valence-electron chi connectivity index (χ0n) is 24.4. The highest BCUT2D eigenvalue weighted by Gasteiger charge is 2.16. The first-order valence-electron chi connectivity index (χ1n) is 15.3. The maximum atomic E-state index is 5.20. The van der Waals surface area contributed by atoms with Gasteiger partial charge in [-0.15, -0.1) is 0 Å². The van der Waals surface area contributed by atoms with E-state index in [2.05, 4.69) is 150 Å². The van der Waals surface area contributed by atoms with Crippen LogP contribution in [0.3, 0.4) is 0 Å². The molecule has 0 aliphatic carbocycles. The number of nitrogens with zero attached hydrogens (tertiary/aromatic N) is 3. The van der Waals surface area contributed by atoms with Gasteiger partial charge in [0.05, 0.1) is 22.2 Å². The fourth-order valence-corrected chi connectivity index (χ4v) is 6.59. The van der Waals surface area contributed by atoms with Crippen LogP contribution in [0.4, 0.5) is 0 Å². The molecule has 0 saturated heterocycles. The van der Waals surface area contributed by atoms with Crippen LogP contribution in [-0.2, 0) is 0 Å². The standard InChI is InChI=1S/C42H27N3/c1-3-12-29(13-4-1)42-43-38-24-22-31(26-37(38)41(44-42)33-20-19-28-11-7-8-14-30(28)25-33)32-21-23-36-35-17-9-10-18-39(35)45(40(36)27-32)34-15-5-2-6-16-34/h1-27H. The summed E-state index contributed by atoms with van der Waals surface area (Å²) in [7, 11) is 0. The molecule has 0 unspecified atom stereocenters. The van der Waals surface area contributed by atoms with Gasteiger partial charge in [-0.05, 0) is 64.4 Å². The molecule has 0 N–H and O–H groups in total. The predicted molar refractivity (Wildman–Crippen MR) is 188 cm³/mol. The largest absolute Gasteiger partial charge is 0.309 e. The molecule has 210 valence electrons. The van der Waals surface area contributed by atoms with Gasteiger partial charge >= 0.3 is 0 Å². The highest BCUT2D eigenvalue weighted by molar-refractivity contribution is 6.10.